The van der Waals surface area contributed by atoms with Crippen LogP contribution >= 0.6 is 0 Å². The van der Waals surface area contributed by atoms with Gasteiger partial charge in [0.15, 0.2) is 11.5 Å². The van der Waals surface area contributed by atoms with Crippen LogP contribution in [0.1, 0.15) is 41.3 Å². The third kappa shape index (κ3) is 5.86. The molecule has 0 bridgehead atoms. The number of nitrogens with one attached hydrogen (secondary N) is 1. The zero-order valence-electron chi connectivity index (χ0n) is 19.9. The molecule has 1 atom stereocenters. The van der Waals surface area contributed by atoms with Crippen molar-refractivity contribution in [3.8, 4) is 17.2 Å². The van der Waals surface area contributed by atoms with Crippen LogP contribution < -0.4 is 19.5 Å². The molecule has 1 N–H and O–H groups in total. The number of nitrogens with zero attached hydrogens (tertiary/aromatic N) is 1. The summed E-state index contributed by atoms with van der Waals surface area (Å²) >= 11 is 0. The minimum absolute atomic E-state index is 0.198. The fraction of sp³-hybridized carbons (Fsp3) is 0.385. The number of hydrogen-bond acceptors (Lipinski definition) is 5. The summed E-state index contributed by atoms with van der Waals surface area (Å²) in [6.07, 6.45) is 3.68. The van der Waals surface area contributed by atoms with E-state index in [0.29, 0.717) is 47.4 Å². The summed E-state index contributed by atoms with van der Waals surface area (Å²) in [5, 5.41) is 2.83. The molecule has 2 aromatic carbocycles. The van der Waals surface area contributed by atoms with Crippen LogP contribution in [0.3, 0.4) is 0 Å². The lowest BCUT2D eigenvalue weighted by atomic mass is 10.00. The van der Waals surface area contributed by atoms with Crippen molar-refractivity contribution in [3.63, 3.8) is 0 Å². The number of benzene rings is 2. The summed E-state index contributed by atoms with van der Waals surface area (Å²) in [7, 11) is 4.60. The second-order valence-electron chi connectivity index (χ2n) is 8.34. The molecule has 7 heteroatoms. The number of aryl methyl sites for hydroxylation is 1. The fourth-order valence-electron chi connectivity index (χ4n) is 3.95. The van der Waals surface area contributed by atoms with Crippen molar-refractivity contribution in [2.24, 2.45) is 5.92 Å². The third-order valence-electron chi connectivity index (χ3n) is 5.73. The molecule has 0 aliphatic carbocycles. The van der Waals surface area contributed by atoms with Crippen molar-refractivity contribution in [2.45, 2.75) is 26.7 Å². The number of rotatable bonds is 7. The van der Waals surface area contributed by atoms with Gasteiger partial charge < -0.3 is 24.4 Å². The second kappa shape index (κ2) is 10.9. The molecule has 1 fully saturated rings. The maximum absolute atomic E-state index is 13.5. The summed E-state index contributed by atoms with van der Waals surface area (Å²) in [6.45, 7) is 5.41. The number of hydrogen-bond donors (Lipinski definition) is 1. The smallest absolute Gasteiger partial charge is 0.270 e. The van der Waals surface area contributed by atoms with Crippen molar-refractivity contribution >= 4 is 17.9 Å². The first-order chi connectivity index (χ1) is 15.9. The number of methoxy groups -OCH3 is 3. The van der Waals surface area contributed by atoms with E-state index in [1.807, 2.05) is 19.1 Å². The molecule has 1 saturated heterocycles. The topological polar surface area (TPSA) is 77.1 Å². The number of ether oxygens (including phenoxy) is 3. The molecule has 2 amide bonds. The summed E-state index contributed by atoms with van der Waals surface area (Å²) in [4.78, 5) is 28.2. The fourth-order valence-corrected chi connectivity index (χ4v) is 3.95. The first kappa shape index (κ1) is 24.2. The zero-order valence-corrected chi connectivity index (χ0v) is 19.9. The molecule has 2 aromatic rings. The van der Waals surface area contributed by atoms with Crippen molar-refractivity contribution in [2.75, 3.05) is 34.4 Å². The Labute approximate surface area is 195 Å². The van der Waals surface area contributed by atoms with Crippen molar-refractivity contribution < 1.29 is 23.8 Å². The Kier molecular flexibility index (Phi) is 7.98. The lowest BCUT2D eigenvalue weighted by Crippen LogP contribution is -2.43. The highest BCUT2D eigenvalue weighted by Gasteiger charge is 2.25. The van der Waals surface area contributed by atoms with E-state index in [1.165, 1.54) is 21.3 Å². The number of amides is 2. The van der Waals surface area contributed by atoms with Gasteiger partial charge in [0.05, 0.1) is 21.3 Å². The van der Waals surface area contributed by atoms with Crippen LogP contribution in [0.4, 0.5) is 0 Å². The summed E-state index contributed by atoms with van der Waals surface area (Å²) in [5.74, 6) is 1.25. The second-order valence-corrected chi connectivity index (χ2v) is 8.34. The third-order valence-corrected chi connectivity index (χ3v) is 5.73. The van der Waals surface area contributed by atoms with Crippen LogP contribution in [0.25, 0.3) is 6.08 Å². The molecule has 0 radical (unpaired) electrons. The number of carbonyl (C=O) groups excluding carboxylic acids is 2. The summed E-state index contributed by atoms with van der Waals surface area (Å²) in [5.41, 5.74) is 2.38. The van der Waals surface area contributed by atoms with Crippen LogP contribution in [0, 0.1) is 12.8 Å². The highest BCUT2D eigenvalue weighted by molar-refractivity contribution is 6.05. The number of likely N-dealkylation sites (tertiary alicyclic amines) is 1. The molecule has 1 heterocycles. The highest BCUT2D eigenvalue weighted by Crippen LogP contribution is 2.38. The van der Waals surface area contributed by atoms with Gasteiger partial charge in [-0.1, -0.05) is 24.6 Å². The molecule has 0 spiro atoms. The standard InChI is InChI=1S/C26H32N2O5/c1-17-8-10-20(11-9-17)25(29)27-21(26(30)28-12-6-7-18(2)16-28)13-19-14-22(31-3)24(33-5)23(15-19)32-4/h8-11,13-15,18H,6-7,12,16H2,1-5H3,(H,27,29)/b21-13-. The SMILES string of the molecule is COc1cc(/C=C(\NC(=O)c2ccc(C)cc2)C(=O)N2CCCC(C)C2)cc(OC)c1OC. The predicted molar refractivity (Wildman–Crippen MR) is 128 cm³/mol. The molecule has 33 heavy (non-hydrogen) atoms. The molecule has 176 valence electrons. The van der Waals surface area contributed by atoms with Crippen LogP contribution in [-0.2, 0) is 4.79 Å². The molecule has 1 aliphatic rings. The molecule has 0 saturated carbocycles. The van der Waals surface area contributed by atoms with Gasteiger partial charge in [-0.15, -0.1) is 0 Å². The lowest BCUT2D eigenvalue weighted by molar-refractivity contribution is -0.129. The van der Waals surface area contributed by atoms with Crippen LogP contribution in [0.15, 0.2) is 42.1 Å². The van der Waals surface area contributed by atoms with E-state index in [1.54, 1.807) is 35.2 Å². The normalized spacial score (nSPS) is 16.2. The molecule has 3 rings (SSSR count). The monoisotopic (exact) mass is 452 g/mol. The van der Waals surface area contributed by atoms with Gasteiger partial charge in [-0.3, -0.25) is 9.59 Å². The Bertz CT molecular complexity index is 1000. The van der Waals surface area contributed by atoms with Crippen LogP contribution in [-0.4, -0.2) is 51.1 Å². The van der Waals surface area contributed by atoms with E-state index in [4.69, 9.17) is 14.2 Å². The van der Waals surface area contributed by atoms with Crippen molar-refractivity contribution in [1.29, 1.82) is 0 Å². The molecule has 0 aromatic heterocycles. The first-order valence-electron chi connectivity index (χ1n) is 11.0. The highest BCUT2D eigenvalue weighted by atomic mass is 16.5. The summed E-state index contributed by atoms with van der Waals surface area (Å²) in [6, 6.07) is 10.7. The van der Waals surface area contributed by atoms with Crippen LogP contribution in [0.5, 0.6) is 17.2 Å². The first-order valence-corrected chi connectivity index (χ1v) is 11.0. The Morgan fingerprint density at radius 1 is 1.03 bits per heavy atom. The number of piperidine rings is 1. The van der Waals surface area contributed by atoms with Crippen molar-refractivity contribution in [1.82, 2.24) is 10.2 Å². The van der Waals surface area contributed by atoms with Gasteiger partial charge in [-0.2, -0.15) is 0 Å². The molecular weight excluding hydrogens is 420 g/mol. The largest absolute Gasteiger partial charge is 0.493 e. The molecule has 7 nitrogen and oxygen atoms in total. The molecule has 1 unspecified atom stereocenters. The lowest BCUT2D eigenvalue weighted by Gasteiger charge is -2.31. The Hall–Kier alpha value is -3.48. The van der Waals surface area contributed by atoms with Gasteiger partial charge >= 0.3 is 0 Å². The van der Waals surface area contributed by atoms with E-state index < -0.39 is 0 Å². The average Bonchev–Trinajstić information content (AvgIpc) is 2.82. The average molecular weight is 453 g/mol. The van der Waals surface area contributed by atoms with E-state index in [2.05, 4.69) is 12.2 Å². The Morgan fingerprint density at radius 2 is 1.67 bits per heavy atom. The zero-order chi connectivity index (χ0) is 24.0. The number of carbonyl (C=O) groups is 2. The van der Waals surface area contributed by atoms with E-state index in [9.17, 15) is 9.59 Å². The maximum atomic E-state index is 13.5. The van der Waals surface area contributed by atoms with Gasteiger partial charge in [0.2, 0.25) is 5.75 Å². The Morgan fingerprint density at radius 3 is 2.21 bits per heavy atom. The van der Waals surface area contributed by atoms with E-state index in [0.717, 1.165) is 18.4 Å². The van der Waals surface area contributed by atoms with Gasteiger partial charge in [0, 0.05) is 18.7 Å². The molecular formula is C26H32N2O5. The van der Waals surface area contributed by atoms with E-state index in [-0.39, 0.29) is 17.5 Å². The minimum Gasteiger partial charge on any atom is -0.493 e. The molecule has 1 aliphatic heterocycles. The van der Waals surface area contributed by atoms with E-state index >= 15 is 0 Å². The summed E-state index contributed by atoms with van der Waals surface area (Å²) < 4.78 is 16.3. The van der Waals surface area contributed by atoms with Gasteiger partial charge in [0.1, 0.15) is 5.70 Å². The maximum Gasteiger partial charge on any atom is 0.270 e. The quantitative estimate of drug-likeness (QED) is 0.642. The van der Waals surface area contributed by atoms with Gasteiger partial charge in [0.25, 0.3) is 11.8 Å². The van der Waals surface area contributed by atoms with Crippen molar-refractivity contribution in [3.05, 3.63) is 58.8 Å². The van der Waals surface area contributed by atoms with Gasteiger partial charge in [-0.05, 0) is 61.6 Å². The predicted octanol–water partition coefficient (Wildman–Crippen LogP) is 4.05. The van der Waals surface area contributed by atoms with Crippen LogP contribution in [0.2, 0.25) is 0 Å². The minimum atomic E-state index is -0.341. The Balaban J connectivity index is 2.00. The van der Waals surface area contributed by atoms with Gasteiger partial charge in [-0.25, -0.2) is 0 Å².